The highest BCUT2D eigenvalue weighted by Gasteiger charge is 2.07. The number of nitrogens with zero attached hydrogens (tertiary/aromatic N) is 1. The lowest BCUT2D eigenvalue weighted by atomic mass is 10.1. The van der Waals surface area contributed by atoms with Gasteiger partial charge in [-0.2, -0.15) is 0 Å². The minimum atomic E-state index is -0.756. The van der Waals surface area contributed by atoms with E-state index in [1.807, 2.05) is 38.1 Å². The number of rotatable bonds is 4. The molecule has 0 fully saturated rings. The Kier molecular flexibility index (Phi) is 3.77. The molecule has 0 bridgehead atoms. The van der Waals surface area contributed by atoms with Crippen LogP contribution in [0.3, 0.4) is 0 Å². The van der Waals surface area contributed by atoms with Crippen molar-refractivity contribution in [3.63, 3.8) is 0 Å². The van der Waals surface area contributed by atoms with Crippen LogP contribution in [0.5, 0.6) is 0 Å². The van der Waals surface area contributed by atoms with Crippen LogP contribution in [0.15, 0.2) is 24.3 Å². The highest BCUT2D eigenvalue weighted by Crippen LogP contribution is 2.29. The Morgan fingerprint density at radius 3 is 2.44 bits per heavy atom. The fraction of sp³-hybridized carbons (Fsp3) is 0.286. The summed E-state index contributed by atoms with van der Waals surface area (Å²) in [5, 5.41) is 9.71. The van der Waals surface area contributed by atoms with Crippen molar-refractivity contribution >= 4 is 17.3 Å². The molecule has 0 aliphatic heterocycles. The van der Waals surface area contributed by atoms with Crippen LogP contribution in [0.2, 0.25) is 0 Å². The van der Waals surface area contributed by atoms with Crippen molar-refractivity contribution in [1.29, 1.82) is 0 Å². The molecule has 0 unspecified atom stereocenters. The van der Waals surface area contributed by atoms with E-state index in [9.17, 15) is 4.79 Å². The van der Waals surface area contributed by atoms with Gasteiger partial charge in [0.25, 0.3) is 0 Å². The highest BCUT2D eigenvalue weighted by atomic mass is 32.1. The van der Waals surface area contributed by atoms with Crippen molar-refractivity contribution in [3.8, 4) is 10.4 Å². The maximum atomic E-state index is 10.5. The average Bonchev–Trinajstić information content (AvgIpc) is 2.66. The molecule has 1 N–H and O–H groups in total. The Morgan fingerprint density at radius 1 is 1.28 bits per heavy atom. The summed E-state index contributed by atoms with van der Waals surface area (Å²) in [5.41, 5.74) is 3.26. The molecule has 0 radical (unpaired) electrons. The molecule has 2 aromatic rings. The Bertz CT molecular complexity index is 558. The van der Waals surface area contributed by atoms with Crippen molar-refractivity contribution in [2.24, 2.45) is 0 Å². The summed E-state index contributed by atoms with van der Waals surface area (Å²) in [7, 11) is 0. The molecule has 0 saturated heterocycles. The van der Waals surface area contributed by atoms with Crippen LogP contribution in [0.4, 0.5) is 0 Å². The Labute approximate surface area is 110 Å². The summed E-state index contributed by atoms with van der Waals surface area (Å²) in [4.78, 5) is 16.1. The van der Waals surface area contributed by atoms with E-state index in [1.165, 1.54) is 4.88 Å². The quantitative estimate of drug-likeness (QED) is 0.917. The van der Waals surface area contributed by atoms with E-state index in [1.54, 1.807) is 11.3 Å². The zero-order valence-electron chi connectivity index (χ0n) is 10.4. The van der Waals surface area contributed by atoms with E-state index in [2.05, 4.69) is 4.98 Å². The monoisotopic (exact) mass is 261 g/mol. The molecule has 1 aromatic heterocycles. The molecule has 18 heavy (non-hydrogen) atoms. The zero-order valence-corrected chi connectivity index (χ0v) is 11.3. The van der Waals surface area contributed by atoms with Gasteiger partial charge < -0.3 is 5.11 Å². The van der Waals surface area contributed by atoms with Crippen LogP contribution in [-0.4, -0.2) is 16.1 Å². The molecule has 0 saturated carbocycles. The predicted octanol–water partition coefficient (Wildman–Crippen LogP) is 3.44. The largest absolute Gasteiger partial charge is 0.481 e. The van der Waals surface area contributed by atoms with Gasteiger partial charge in [0.1, 0.15) is 0 Å². The summed E-state index contributed by atoms with van der Waals surface area (Å²) in [5.74, 6) is -0.756. The molecule has 0 amide bonds. The molecule has 0 aliphatic carbocycles. The van der Waals surface area contributed by atoms with Crippen molar-refractivity contribution in [2.75, 3.05) is 0 Å². The van der Waals surface area contributed by atoms with E-state index in [0.29, 0.717) is 6.42 Å². The van der Waals surface area contributed by atoms with Crippen LogP contribution in [0, 0.1) is 13.8 Å². The highest BCUT2D eigenvalue weighted by molar-refractivity contribution is 7.15. The second kappa shape index (κ2) is 5.31. The summed E-state index contributed by atoms with van der Waals surface area (Å²) < 4.78 is 0. The van der Waals surface area contributed by atoms with Crippen molar-refractivity contribution in [1.82, 2.24) is 4.98 Å². The number of carboxylic acid groups (broad SMARTS) is 1. The lowest BCUT2D eigenvalue weighted by molar-refractivity contribution is -0.136. The van der Waals surface area contributed by atoms with E-state index in [4.69, 9.17) is 5.11 Å². The first-order valence-electron chi connectivity index (χ1n) is 5.81. The second-order valence-corrected chi connectivity index (χ2v) is 5.44. The molecular weight excluding hydrogens is 246 g/mol. The number of carboxylic acids is 1. The third-order valence-corrected chi connectivity index (χ3v) is 3.87. The van der Waals surface area contributed by atoms with Gasteiger partial charge in [0, 0.05) is 6.42 Å². The molecule has 1 heterocycles. The van der Waals surface area contributed by atoms with Gasteiger partial charge in [0.15, 0.2) is 0 Å². The number of hydrogen-bond donors (Lipinski definition) is 1. The van der Waals surface area contributed by atoms with Crippen LogP contribution in [0.25, 0.3) is 10.4 Å². The van der Waals surface area contributed by atoms with Crippen LogP contribution >= 0.6 is 11.3 Å². The third kappa shape index (κ3) is 2.96. The summed E-state index contributed by atoms with van der Waals surface area (Å²) >= 11 is 1.69. The van der Waals surface area contributed by atoms with Gasteiger partial charge in [-0.15, -0.1) is 11.3 Å². The van der Waals surface area contributed by atoms with Gasteiger partial charge >= 0.3 is 5.97 Å². The first-order valence-corrected chi connectivity index (χ1v) is 6.63. The predicted molar refractivity (Wildman–Crippen MR) is 73.0 cm³/mol. The van der Waals surface area contributed by atoms with Gasteiger partial charge in [0.05, 0.1) is 15.6 Å². The van der Waals surface area contributed by atoms with E-state index >= 15 is 0 Å². The third-order valence-electron chi connectivity index (χ3n) is 2.75. The fourth-order valence-electron chi connectivity index (χ4n) is 1.87. The Hall–Kier alpha value is -1.68. The summed E-state index contributed by atoms with van der Waals surface area (Å²) in [6.45, 7) is 4.01. The zero-order chi connectivity index (χ0) is 13.1. The minimum Gasteiger partial charge on any atom is -0.481 e. The summed E-state index contributed by atoms with van der Waals surface area (Å²) in [6.07, 6.45) is 0.758. The van der Waals surface area contributed by atoms with E-state index in [0.717, 1.165) is 21.8 Å². The first-order chi connectivity index (χ1) is 8.56. The normalized spacial score (nSPS) is 10.6. The van der Waals surface area contributed by atoms with Crippen LogP contribution in [-0.2, 0) is 11.2 Å². The number of carbonyl (C=O) groups is 1. The molecule has 0 aliphatic rings. The minimum absolute atomic E-state index is 0.179. The molecule has 94 valence electrons. The smallest absolute Gasteiger partial charge is 0.303 e. The summed E-state index contributed by atoms with van der Waals surface area (Å²) in [6, 6.07) is 8.06. The number of aryl methyl sites for hydroxylation is 3. The van der Waals surface area contributed by atoms with Gasteiger partial charge in [-0.1, -0.05) is 24.3 Å². The lowest BCUT2D eigenvalue weighted by Gasteiger charge is -2.02. The number of hydrogen-bond acceptors (Lipinski definition) is 3. The fourth-order valence-corrected chi connectivity index (χ4v) is 2.80. The molecule has 2 rings (SSSR count). The topological polar surface area (TPSA) is 50.2 Å². The molecule has 3 nitrogen and oxygen atoms in total. The van der Waals surface area contributed by atoms with Gasteiger partial charge in [-0.25, -0.2) is 4.98 Å². The maximum absolute atomic E-state index is 10.5. The van der Waals surface area contributed by atoms with Crippen molar-refractivity contribution < 1.29 is 9.90 Å². The van der Waals surface area contributed by atoms with Crippen LogP contribution in [0.1, 0.15) is 22.7 Å². The van der Waals surface area contributed by atoms with E-state index in [-0.39, 0.29) is 6.42 Å². The second-order valence-electron chi connectivity index (χ2n) is 4.24. The van der Waals surface area contributed by atoms with Crippen molar-refractivity contribution in [3.05, 3.63) is 40.5 Å². The maximum Gasteiger partial charge on any atom is 0.303 e. The van der Waals surface area contributed by atoms with Crippen LogP contribution < -0.4 is 0 Å². The average molecular weight is 261 g/mol. The number of aromatic nitrogens is 1. The van der Waals surface area contributed by atoms with Gasteiger partial charge in [-0.3, -0.25) is 4.79 Å². The Balaban J connectivity index is 2.17. The Morgan fingerprint density at radius 2 is 1.94 bits per heavy atom. The molecule has 1 aromatic carbocycles. The number of thiazole rings is 1. The van der Waals surface area contributed by atoms with Crippen molar-refractivity contribution in [2.45, 2.75) is 26.7 Å². The molecule has 0 spiro atoms. The van der Waals surface area contributed by atoms with Gasteiger partial charge in [0.2, 0.25) is 0 Å². The van der Waals surface area contributed by atoms with E-state index < -0.39 is 5.97 Å². The lowest BCUT2D eigenvalue weighted by Crippen LogP contribution is -1.97. The molecule has 0 atom stereocenters. The number of aliphatic carboxylic acids is 1. The SMILES string of the molecule is Cc1nc(C)c(-c2ccc(CCC(=O)O)cc2)s1. The molecule has 4 heteroatoms. The molecular formula is C14H15NO2S. The van der Waals surface area contributed by atoms with Gasteiger partial charge in [-0.05, 0) is 31.4 Å². The number of benzene rings is 1. The first kappa shape index (κ1) is 12.8. The standard InChI is InChI=1S/C14H15NO2S/c1-9-14(18-10(2)15-9)12-6-3-11(4-7-12)5-8-13(16)17/h3-4,6-7H,5,8H2,1-2H3,(H,16,17).